The van der Waals surface area contributed by atoms with Crippen LogP contribution < -0.4 is 5.32 Å². The van der Waals surface area contributed by atoms with E-state index in [0.29, 0.717) is 32.7 Å². The van der Waals surface area contributed by atoms with Crippen LogP contribution in [-0.2, 0) is 0 Å². The van der Waals surface area contributed by atoms with Gasteiger partial charge in [0.05, 0.1) is 16.1 Å². The number of imidazole rings is 1. The van der Waals surface area contributed by atoms with Crippen LogP contribution in [-0.4, -0.2) is 15.9 Å². The fourth-order valence-corrected chi connectivity index (χ4v) is 3.98. The van der Waals surface area contributed by atoms with Gasteiger partial charge in [0, 0.05) is 27.2 Å². The molecule has 5 rings (SSSR count). The lowest BCUT2D eigenvalue weighted by molar-refractivity contribution is 0.102. The number of aromatic amines is 1. The Kier molecular flexibility index (Phi) is 5.88. The summed E-state index contributed by atoms with van der Waals surface area (Å²) in [6.07, 6.45) is 0. The Morgan fingerprint density at radius 1 is 0.839 bits per heavy atom. The van der Waals surface area contributed by atoms with Gasteiger partial charge in [-0.05, 0) is 47.9 Å². The first-order valence-corrected chi connectivity index (χ1v) is 10.1. The Balaban J connectivity index is 0.00000231. The third-order valence-electron chi connectivity index (χ3n) is 4.98. The van der Waals surface area contributed by atoms with E-state index in [-0.39, 0.29) is 18.3 Å². The number of fused-ring (bicyclic) bond motifs is 2. The standard InChI is InChI=1S/C24H15Cl2N3O.ClH/c25-19-8-4-5-15-16(19)6-3-7-17(15)24(30)27-14-11-12-20(26)18(13-14)23-28-21-9-1-2-10-22(21)29-23;/h1-13H,(H,27,30)(H,28,29);1H. The molecule has 1 amide bonds. The van der Waals surface area contributed by atoms with Crippen molar-refractivity contribution < 1.29 is 4.79 Å². The van der Waals surface area contributed by atoms with Gasteiger partial charge in [0.25, 0.3) is 5.91 Å². The van der Waals surface area contributed by atoms with Crippen molar-refractivity contribution in [2.24, 2.45) is 0 Å². The van der Waals surface area contributed by atoms with E-state index in [1.165, 1.54) is 0 Å². The predicted molar refractivity (Wildman–Crippen MR) is 131 cm³/mol. The van der Waals surface area contributed by atoms with Crippen LogP contribution in [0.4, 0.5) is 5.69 Å². The number of hydrogen-bond acceptors (Lipinski definition) is 2. The molecule has 7 heteroatoms. The summed E-state index contributed by atoms with van der Waals surface area (Å²) in [5.41, 5.74) is 3.66. The van der Waals surface area contributed by atoms with Crippen LogP contribution in [0.3, 0.4) is 0 Å². The third-order valence-corrected chi connectivity index (χ3v) is 5.64. The van der Waals surface area contributed by atoms with Crippen molar-refractivity contribution in [3.8, 4) is 11.4 Å². The van der Waals surface area contributed by atoms with Gasteiger partial charge in [-0.3, -0.25) is 4.79 Å². The molecule has 0 saturated carbocycles. The zero-order valence-electron chi connectivity index (χ0n) is 16.0. The summed E-state index contributed by atoms with van der Waals surface area (Å²) in [4.78, 5) is 20.9. The number of carbonyl (C=O) groups is 1. The van der Waals surface area contributed by atoms with Crippen molar-refractivity contribution in [3.63, 3.8) is 0 Å². The number of nitrogens with one attached hydrogen (secondary N) is 2. The van der Waals surface area contributed by atoms with E-state index in [4.69, 9.17) is 23.2 Å². The summed E-state index contributed by atoms with van der Waals surface area (Å²) in [5, 5.41) is 5.75. The number of hydrogen-bond donors (Lipinski definition) is 2. The van der Waals surface area contributed by atoms with Crippen LogP contribution >= 0.6 is 35.6 Å². The summed E-state index contributed by atoms with van der Waals surface area (Å²) in [6.45, 7) is 0. The van der Waals surface area contributed by atoms with Crippen molar-refractivity contribution >= 4 is 69.0 Å². The summed E-state index contributed by atoms with van der Waals surface area (Å²) in [5.74, 6) is 0.426. The van der Waals surface area contributed by atoms with Crippen LogP contribution in [0.1, 0.15) is 10.4 Å². The van der Waals surface area contributed by atoms with Gasteiger partial charge in [-0.15, -0.1) is 12.4 Å². The Morgan fingerprint density at radius 2 is 1.61 bits per heavy atom. The highest BCUT2D eigenvalue weighted by atomic mass is 35.5. The molecule has 0 radical (unpaired) electrons. The highest BCUT2D eigenvalue weighted by molar-refractivity contribution is 6.36. The van der Waals surface area contributed by atoms with Gasteiger partial charge in [0.2, 0.25) is 0 Å². The van der Waals surface area contributed by atoms with Crippen LogP contribution in [0.2, 0.25) is 10.0 Å². The molecule has 0 bridgehead atoms. The van der Waals surface area contributed by atoms with Gasteiger partial charge in [0.1, 0.15) is 5.82 Å². The number of carbonyl (C=O) groups excluding carboxylic acids is 1. The number of para-hydroxylation sites is 2. The second kappa shape index (κ2) is 8.60. The molecule has 0 spiro atoms. The molecule has 0 saturated heterocycles. The first kappa shape index (κ1) is 21.2. The van der Waals surface area contributed by atoms with Gasteiger partial charge >= 0.3 is 0 Å². The maximum absolute atomic E-state index is 13.0. The Bertz CT molecular complexity index is 1400. The van der Waals surface area contributed by atoms with Gasteiger partial charge in [-0.1, -0.05) is 59.6 Å². The van der Waals surface area contributed by atoms with E-state index in [2.05, 4.69) is 15.3 Å². The number of halogens is 3. The van der Waals surface area contributed by atoms with Crippen molar-refractivity contribution in [1.82, 2.24) is 9.97 Å². The number of benzene rings is 4. The Labute approximate surface area is 194 Å². The highest BCUT2D eigenvalue weighted by Gasteiger charge is 2.14. The number of aromatic nitrogens is 2. The van der Waals surface area contributed by atoms with Crippen molar-refractivity contribution in [1.29, 1.82) is 0 Å². The van der Waals surface area contributed by atoms with Crippen LogP contribution in [0, 0.1) is 0 Å². The molecule has 0 fully saturated rings. The number of anilines is 1. The quantitative estimate of drug-likeness (QED) is 0.290. The average molecular weight is 469 g/mol. The van der Waals surface area contributed by atoms with Crippen molar-refractivity contribution in [3.05, 3.63) is 94.5 Å². The predicted octanol–water partition coefficient (Wildman–Crippen LogP) is 7.36. The molecule has 31 heavy (non-hydrogen) atoms. The maximum atomic E-state index is 13.0. The largest absolute Gasteiger partial charge is 0.338 e. The molecule has 5 aromatic rings. The van der Waals surface area contributed by atoms with Gasteiger partial charge in [-0.25, -0.2) is 4.98 Å². The molecule has 1 heterocycles. The molecular formula is C24H16Cl3N3O. The Hall–Kier alpha value is -3.05. The maximum Gasteiger partial charge on any atom is 0.256 e. The minimum atomic E-state index is -0.222. The number of H-pyrrole nitrogens is 1. The van der Waals surface area contributed by atoms with E-state index in [9.17, 15) is 4.79 Å². The number of nitrogens with zero attached hydrogens (tertiary/aromatic N) is 1. The SMILES string of the molecule is Cl.O=C(Nc1ccc(Cl)c(-c2nc3ccccc3[nH]2)c1)c1cccc2c(Cl)cccc12. The molecule has 0 aliphatic carbocycles. The van der Waals surface area contributed by atoms with E-state index in [0.717, 1.165) is 21.8 Å². The number of rotatable bonds is 3. The second-order valence-corrected chi connectivity index (χ2v) is 7.71. The molecule has 0 aliphatic rings. The second-order valence-electron chi connectivity index (χ2n) is 6.89. The molecule has 2 N–H and O–H groups in total. The zero-order valence-corrected chi connectivity index (χ0v) is 18.4. The molecule has 0 unspecified atom stereocenters. The minimum Gasteiger partial charge on any atom is -0.338 e. The smallest absolute Gasteiger partial charge is 0.256 e. The molecule has 0 atom stereocenters. The normalized spacial score (nSPS) is 10.8. The zero-order chi connectivity index (χ0) is 20.7. The van der Waals surface area contributed by atoms with E-state index >= 15 is 0 Å². The summed E-state index contributed by atoms with van der Waals surface area (Å²) in [7, 11) is 0. The molecule has 0 aliphatic heterocycles. The van der Waals surface area contributed by atoms with Gasteiger partial charge in [-0.2, -0.15) is 0 Å². The van der Waals surface area contributed by atoms with Crippen LogP contribution in [0.5, 0.6) is 0 Å². The fraction of sp³-hybridized carbons (Fsp3) is 0. The first-order valence-electron chi connectivity index (χ1n) is 9.33. The number of amides is 1. The van der Waals surface area contributed by atoms with E-state index in [1.807, 2.05) is 60.7 Å². The fourth-order valence-electron chi connectivity index (χ4n) is 3.53. The molecule has 4 nitrogen and oxygen atoms in total. The van der Waals surface area contributed by atoms with E-state index in [1.54, 1.807) is 18.2 Å². The van der Waals surface area contributed by atoms with Crippen LogP contribution in [0.15, 0.2) is 78.9 Å². The van der Waals surface area contributed by atoms with Crippen molar-refractivity contribution in [2.75, 3.05) is 5.32 Å². The lowest BCUT2D eigenvalue weighted by Crippen LogP contribution is -2.12. The highest BCUT2D eigenvalue weighted by Crippen LogP contribution is 2.31. The van der Waals surface area contributed by atoms with E-state index < -0.39 is 0 Å². The molecule has 154 valence electrons. The molecule has 1 aromatic heterocycles. The topological polar surface area (TPSA) is 57.8 Å². The summed E-state index contributed by atoms with van der Waals surface area (Å²) < 4.78 is 0. The molecule has 4 aromatic carbocycles. The Morgan fingerprint density at radius 3 is 2.45 bits per heavy atom. The average Bonchev–Trinajstić information content (AvgIpc) is 3.19. The minimum absolute atomic E-state index is 0. The van der Waals surface area contributed by atoms with Crippen molar-refractivity contribution in [2.45, 2.75) is 0 Å². The lowest BCUT2D eigenvalue weighted by Gasteiger charge is -2.10. The summed E-state index contributed by atoms with van der Waals surface area (Å²) in [6, 6.07) is 24.1. The third kappa shape index (κ3) is 3.98. The summed E-state index contributed by atoms with van der Waals surface area (Å²) >= 11 is 12.7. The van der Waals surface area contributed by atoms with Gasteiger partial charge < -0.3 is 10.3 Å². The first-order chi connectivity index (χ1) is 14.6. The molecular weight excluding hydrogens is 453 g/mol. The van der Waals surface area contributed by atoms with Gasteiger partial charge in [0.15, 0.2) is 0 Å². The monoisotopic (exact) mass is 467 g/mol. The van der Waals surface area contributed by atoms with Crippen LogP contribution in [0.25, 0.3) is 33.2 Å². The lowest BCUT2D eigenvalue weighted by atomic mass is 10.0.